The van der Waals surface area contributed by atoms with E-state index in [2.05, 4.69) is 47.6 Å². The van der Waals surface area contributed by atoms with Crippen LogP contribution in [-0.4, -0.2) is 19.9 Å². The molecular formula is C21H38Cl2N6Zn. The number of nitrogens with zero attached hydrogens (tertiary/aromatic N) is 4. The van der Waals surface area contributed by atoms with E-state index >= 15 is 0 Å². The third-order valence-corrected chi connectivity index (χ3v) is 3.43. The summed E-state index contributed by atoms with van der Waals surface area (Å²) in [6.45, 7) is 16.3. The summed E-state index contributed by atoms with van der Waals surface area (Å²) in [6.07, 6.45) is 6.85. The van der Waals surface area contributed by atoms with E-state index in [4.69, 9.17) is 34.7 Å². The monoisotopic (exact) mass is 508 g/mol. The molecule has 0 aliphatic heterocycles. The van der Waals surface area contributed by atoms with Crippen molar-refractivity contribution >= 4 is 34.6 Å². The molecule has 4 N–H and O–H groups in total. The van der Waals surface area contributed by atoms with Gasteiger partial charge in [0.15, 0.2) is 10.3 Å². The number of nitrogens with two attached hydrogens (primary N) is 2. The molecule has 0 fully saturated rings. The number of rotatable bonds is 2. The molecule has 6 nitrogen and oxygen atoms in total. The van der Waals surface area contributed by atoms with Crippen molar-refractivity contribution < 1.29 is 19.5 Å². The van der Waals surface area contributed by atoms with Gasteiger partial charge in [-0.25, -0.2) is 19.9 Å². The first-order chi connectivity index (χ1) is 13.1. The zero-order valence-corrected chi connectivity index (χ0v) is 23.3. The first kappa shape index (κ1) is 36.3. The third kappa shape index (κ3) is 14.9. The van der Waals surface area contributed by atoms with Crippen LogP contribution in [0.25, 0.3) is 0 Å². The number of hydrogen-bond acceptors (Lipinski definition) is 6. The molecule has 168 valence electrons. The Morgan fingerprint density at radius 2 is 0.967 bits per heavy atom. The molecule has 0 unspecified atom stereocenters. The summed E-state index contributed by atoms with van der Waals surface area (Å²) in [5.74, 6) is 0.723. The maximum absolute atomic E-state index is 5.96. The zero-order valence-electron chi connectivity index (χ0n) is 18.9. The fourth-order valence-corrected chi connectivity index (χ4v) is 2.01. The average molecular weight is 511 g/mol. The standard InChI is InChI=1S/C10H17N3.C4H3Cl2N3.2C3H7.CH4.Zn/c1-6(2)9-8(11)10(7(3)4)13-5-12-9;5-3-2(7)4(6)9-1-8-3;2*1-3-2;;/h5-7H,11H2,1-4H3;1H,7H2;2*3H,1-2H3;1H4;/q;;2*-1;;+2. The molecule has 2 heterocycles. The van der Waals surface area contributed by atoms with Crippen LogP contribution in [0, 0.1) is 12.8 Å². The van der Waals surface area contributed by atoms with Gasteiger partial charge in [-0.15, -0.1) is 0 Å². The fourth-order valence-electron chi connectivity index (χ4n) is 1.70. The summed E-state index contributed by atoms with van der Waals surface area (Å²) in [6, 6.07) is 0. The second-order valence-corrected chi connectivity index (χ2v) is 7.11. The van der Waals surface area contributed by atoms with Gasteiger partial charge in [0.2, 0.25) is 0 Å². The molecule has 0 atom stereocenters. The average Bonchev–Trinajstić information content (AvgIpc) is 2.61. The van der Waals surface area contributed by atoms with Gasteiger partial charge >= 0.3 is 19.5 Å². The number of anilines is 2. The molecule has 2 rings (SSSR count). The van der Waals surface area contributed by atoms with Crippen LogP contribution in [0.1, 0.15) is 86.0 Å². The van der Waals surface area contributed by atoms with Gasteiger partial charge in [0.1, 0.15) is 18.3 Å². The third-order valence-electron chi connectivity index (χ3n) is 2.83. The Balaban J connectivity index is -0.000000174. The molecular weight excluding hydrogens is 473 g/mol. The number of nitrogen functional groups attached to an aromatic ring is 2. The molecule has 0 radical (unpaired) electrons. The Bertz CT molecular complexity index is 621. The molecule has 0 bridgehead atoms. The van der Waals surface area contributed by atoms with Crippen LogP contribution in [0.5, 0.6) is 0 Å². The molecule has 0 aromatic carbocycles. The van der Waals surface area contributed by atoms with E-state index in [1.165, 1.54) is 6.33 Å². The van der Waals surface area contributed by atoms with E-state index in [9.17, 15) is 0 Å². The van der Waals surface area contributed by atoms with E-state index in [1.807, 2.05) is 40.5 Å². The Labute approximate surface area is 206 Å². The van der Waals surface area contributed by atoms with Gasteiger partial charge in [-0.3, -0.25) is 0 Å². The van der Waals surface area contributed by atoms with Crippen LogP contribution in [0.2, 0.25) is 10.3 Å². The molecule has 0 saturated heterocycles. The molecule has 2 aromatic rings. The number of hydrogen-bond donors (Lipinski definition) is 2. The van der Waals surface area contributed by atoms with Gasteiger partial charge in [-0.05, 0) is 11.8 Å². The normalized spacial score (nSPS) is 8.93. The Hall–Kier alpha value is -1.04. The van der Waals surface area contributed by atoms with Gasteiger partial charge in [0.25, 0.3) is 0 Å². The maximum Gasteiger partial charge on any atom is 2.00 e. The summed E-state index contributed by atoms with van der Waals surface area (Å²) in [5, 5.41) is 0.380. The van der Waals surface area contributed by atoms with Gasteiger partial charge in [-0.2, -0.15) is 27.7 Å². The summed E-state index contributed by atoms with van der Waals surface area (Å²) in [5.41, 5.74) is 14.1. The van der Waals surface area contributed by atoms with Gasteiger partial charge in [0.05, 0.1) is 17.1 Å². The maximum atomic E-state index is 5.96. The molecule has 0 saturated carbocycles. The first-order valence-electron chi connectivity index (χ1n) is 9.08. The second-order valence-electron chi connectivity index (χ2n) is 6.39. The van der Waals surface area contributed by atoms with Crippen molar-refractivity contribution in [1.82, 2.24) is 19.9 Å². The van der Waals surface area contributed by atoms with Gasteiger partial charge < -0.3 is 24.3 Å². The quantitative estimate of drug-likeness (QED) is 0.262. The van der Waals surface area contributed by atoms with Gasteiger partial charge in [0, 0.05) is 0 Å². The van der Waals surface area contributed by atoms with Crippen molar-refractivity contribution in [3.05, 3.63) is 47.2 Å². The minimum atomic E-state index is 0. The second kappa shape index (κ2) is 21.2. The minimum absolute atomic E-state index is 0. The van der Waals surface area contributed by atoms with Crippen molar-refractivity contribution in [3.63, 3.8) is 0 Å². The summed E-state index contributed by atoms with van der Waals surface area (Å²) >= 11 is 10.9. The van der Waals surface area contributed by atoms with Crippen LogP contribution in [0.4, 0.5) is 11.4 Å². The van der Waals surface area contributed by atoms with Crippen LogP contribution < -0.4 is 11.5 Å². The molecule has 0 aliphatic carbocycles. The zero-order chi connectivity index (χ0) is 22.3. The summed E-state index contributed by atoms with van der Waals surface area (Å²) in [4.78, 5) is 15.5. The molecule has 0 amide bonds. The Morgan fingerprint density at radius 3 is 1.20 bits per heavy atom. The molecule has 0 spiro atoms. The Morgan fingerprint density at radius 1 is 0.700 bits per heavy atom. The van der Waals surface area contributed by atoms with E-state index in [-0.39, 0.29) is 42.9 Å². The predicted molar refractivity (Wildman–Crippen MR) is 129 cm³/mol. The van der Waals surface area contributed by atoms with E-state index < -0.39 is 0 Å². The number of halogens is 2. The van der Waals surface area contributed by atoms with Crippen LogP contribution in [0.3, 0.4) is 0 Å². The van der Waals surface area contributed by atoms with E-state index in [0.717, 1.165) is 17.1 Å². The summed E-state index contributed by atoms with van der Waals surface area (Å²) in [7, 11) is 0. The number of aromatic nitrogens is 4. The SMILES string of the molecule is C.CC(C)c1ncnc(C(C)C)c1N.C[CH-]C.C[CH-]C.Nc1c(Cl)ncnc1Cl.[Zn+2]. The smallest absolute Gasteiger partial charge is 0.396 e. The van der Waals surface area contributed by atoms with Gasteiger partial charge in [-0.1, -0.05) is 58.3 Å². The molecule has 0 aliphatic rings. The summed E-state index contributed by atoms with van der Waals surface area (Å²) < 4.78 is 0. The van der Waals surface area contributed by atoms with Crippen LogP contribution >= 0.6 is 23.2 Å². The predicted octanol–water partition coefficient (Wildman–Crippen LogP) is 6.77. The van der Waals surface area contributed by atoms with Crippen molar-refractivity contribution in [2.24, 2.45) is 0 Å². The molecule has 2 aromatic heterocycles. The molecule has 9 heteroatoms. The fraction of sp³-hybridized carbons (Fsp3) is 0.524. The van der Waals surface area contributed by atoms with E-state index in [1.54, 1.807) is 6.33 Å². The van der Waals surface area contributed by atoms with Crippen molar-refractivity contribution in [2.45, 2.75) is 74.7 Å². The van der Waals surface area contributed by atoms with E-state index in [0.29, 0.717) is 11.8 Å². The minimum Gasteiger partial charge on any atom is -0.396 e. The first-order valence-corrected chi connectivity index (χ1v) is 9.83. The van der Waals surface area contributed by atoms with Crippen molar-refractivity contribution in [3.8, 4) is 0 Å². The largest absolute Gasteiger partial charge is 2.00 e. The topological polar surface area (TPSA) is 104 Å². The van der Waals surface area contributed by atoms with Crippen molar-refractivity contribution in [2.75, 3.05) is 11.5 Å². The van der Waals surface area contributed by atoms with Crippen molar-refractivity contribution in [1.29, 1.82) is 0 Å². The van der Waals surface area contributed by atoms with Crippen LogP contribution in [0.15, 0.2) is 12.7 Å². The Kier molecular flexibility index (Phi) is 25.7. The molecule has 30 heavy (non-hydrogen) atoms. The van der Waals surface area contributed by atoms with Crippen LogP contribution in [-0.2, 0) is 19.5 Å².